The van der Waals surface area contributed by atoms with Crippen LogP contribution in [0.5, 0.6) is 11.5 Å². The second-order valence-electron chi connectivity index (χ2n) is 10.6. The van der Waals surface area contributed by atoms with Gasteiger partial charge in [0, 0.05) is 50.5 Å². The van der Waals surface area contributed by atoms with E-state index >= 15 is 4.39 Å². The standard InChI is InChI=1S/C30H32F2N6O4S.ClH/c1-2-24-28(35-43(40,41)37-14-11-20(31)18-37)10-8-26(32)29(24)42-23-7-9-27-25(17-23)30(39)38(19-34-27)22-5-3-21(4-6-22)36-15-12-33-13-16-36;/h3-10,17,19-20,33,35H,2,11-16,18H2,1H3;1H. The number of hydrogen-bond donors (Lipinski definition) is 2. The first-order chi connectivity index (χ1) is 20.7. The highest BCUT2D eigenvalue weighted by Crippen LogP contribution is 2.35. The molecule has 2 saturated heterocycles. The number of fused-ring (bicyclic) bond motifs is 1. The largest absolute Gasteiger partial charge is 0.454 e. The monoisotopic (exact) mass is 646 g/mol. The molecule has 10 nitrogen and oxygen atoms in total. The number of halogens is 3. The zero-order valence-corrected chi connectivity index (χ0v) is 25.6. The Kier molecular flexibility index (Phi) is 9.39. The van der Waals surface area contributed by atoms with Crippen molar-refractivity contribution in [1.82, 2.24) is 19.2 Å². The van der Waals surface area contributed by atoms with Crippen molar-refractivity contribution in [2.45, 2.75) is 25.9 Å². The molecule has 0 aliphatic carbocycles. The number of aromatic nitrogens is 2. The van der Waals surface area contributed by atoms with Crippen molar-refractivity contribution in [2.75, 3.05) is 48.9 Å². The molecule has 0 amide bonds. The third kappa shape index (κ3) is 6.36. The van der Waals surface area contributed by atoms with E-state index in [0.717, 1.165) is 42.2 Å². The molecule has 2 N–H and O–H groups in total. The maximum absolute atomic E-state index is 15.1. The van der Waals surface area contributed by atoms with Gasteiger partial charge in [-0.2, -0.15) is 12.7 Å². The molecule has 0 radical (unpaired) electrons. The van der Waals surface area contributed by atoms with E-state index in [4.69, 9.17) is 4.74 Å². The lowest BCUT2D eigenvalue weighted by molar-refractivity contribution is 0.343. The van der Waals surface area contributed by atoms with Crippen LogP contribution in [0.25, 0.3) is 16.6 Å². The molecule has 44 heavy (non-hydrogen) atoms. The lowest BCUT2D eigenvalue weighted by Crippen LogP contribution is -2.43. The number of ether oxygens (including phenoxy) is 1. The summed E-state index contributed by atoms with van der Waals surface area (Å²) in [7, 11) is -4.05. The molecule has 1 aromatic heterocycles. The first-order valence-electron chi connectivity index (χ1n) is 14.2. The Balaban J connectivity index is 0.00000384. The Labute approximate surface area is 260 Å². The third-order valence-corrected chi connectivity index (χ3v) is 9.29. The summed E-state index contributed by atoms with van der Waals surface area (Å²) in [6.45, 7) is 5.23. The molecule has 0 saturated carbocycles. The van der Waals surface area contributed by atoms with E-state index in [2.05, 4.69) is 19.9 Å². The lowest BCUT2D eigenvalue weighted by Gasteiger charge is -2.29. The third-order valence-electron chi connectivity index (χ3n) is 7.80. The van der Waals surface area contributed by atoms with E-state index < -0.39 is 22.2 Å². The van der Waals surface area contributed by atoms with Crippen LogP contribution in [0, 0.1) is 5.82 Å². The summed E-state index contributed by atoms with van der Waals surface area (Å²) in [6.07, 6.45) is 0.612. The van der Waals surface area contributed by atoms with Gasteiger partial charge in [-0.1, -0.05) is 6.92 Å². The van der Waals surface area contributed by atoms with Crippen molar-refractivity contribution in [3.8, 4) is 17.2 Å². The molecule has 1 unspecified atom stereocenters. The molecular formula is C30H33ClF2N6O4S. The summed E-state index contributed by atoms with van der Waals surface area (Å²) in [6, 6.07) is 14.8. The van der Waals surface area contributed by atoms with E-state index in [1.807, 2.05) is 24.3 Å². The minimum atomic E-state index is -4.05. The molecule has 1 atom stereocenters. The van der Waals surface area contributed by atoms with Crippen molar-refractivity contribution >= 4 is 44.9 Å². The Bertz CT molecular complexity index is 1820. The zero-order chi connectivity index (χ0) is 30.1. The molecule has 14 heteroatoms. The second kappa shape index (κ2) is 13.1. The van der Waals surface area contributed by atoms with Crippen LogP contribution in [0.15, 0.2) is 65.7 Å². The van der Waals surface area contributed by atoms with Gasteiger partial charge in [-0.05, 0) is 67.4 Å². The zero-order valence-electron chi connectivity index (χ0n) is 24.0. The van der Waals surface area contributed by atoms with Crippen molar-refractivity contribution in [1.29, 1.82) is 0 Å². The molecular weight excluding hydrogens is 614 g/mol. The van der Waals surface area contributed by atoms with E-state index in [1.54, 1.807) is 19.1 Å². The summed E-state index contributed by atoms with van der Waals surface area (Å²) in [5.74, 6) is -0.677. The van der Waals surface area contributed by atoms with Gasteiger partial charge < -0.3 is 15.0 Å². The molecule has 234 valence electrons. The summed E-state index contributed by atoms with van der Waals surface area (Å²) in [4.78, 5) is 20.2. The number of nitrogens with zero attached hydrogens (tertiary/aromatic N) is 4. The highest BCUT2D eigenvalue weighted by atomic mass is 35.5. The summed E-state index contributed by atoms with van der Waals surface area (Å²) < 4.78 is 65.4. The number of nitrogens with one attached hydrogen (secondary N) is 2. The Morgan fingerprint density at radius 1 is 1.05 bits per heavy atom. The van der Waals surface area contributed by atoms with Gasteiger partial charge >= 0.3 is 10.2 Å². The maximum atomic E-state index is 15.1. The van der Waals surface area contributed by atoms with E-state index in [0.29, 0.717) is 11.2 Å². The topological polar surface area (TPSA) is 109 Å². The SMILES string of the molecule is CCc1c(NS(=O)(=O)N2CCC(F)C2)ccc(F)c1Oc1ccc2ncn(-c3ccc(N4CCNCC4)cc3)c(=O)c2c1.Cl. The predicted octanol–water partition coefficient (Wildman–Crippen LogP) is 4.41. The first-order valence-corrected chi connectivity index (χ1v) is 15.7. The van der Waals surface area contributed by atoms with E-state index in [-0.39, 0.29) is 72.0 Å². The fourth-order valence-corrected chi connectivity index (χ4v) is 6.78. The maximum Gasteiger partial charge on any atom is 0.301 e. The Hall–Kier alpha value is -3.78. The Morgan fingerprint density at radius 3 is 2.45 bits per heavy atom. The average molecular weight is 647 g/mol. The van der Waals surface area contributed by atoms with Gasteiger partial charge in [-0.3, -0.25) is 14.1 Å². The average Bonchev–Trinajstić information content (AvgIpc) is 3.47. The normalized spacial score (nSPS) is 17.4. The molecule has 0 spiro atoms. The molecule has 6 rings (SSSR count). The van der Waals surface area contributed by atoms with Gasteiger partial charge in [0.1, 0.15) is 18.2 Å². The fraction of sp³-hybridized carbons (Fsp3) is 0.333. The van der Waals surface area contributed by atoms with Crippen LogP contribution in [0.3, 0.4) is 0 Å². The number of alkyl halides is 1. The summed E-state index contributed by atoms with van der Waals surface area (Å²) in [5, 5.41) is 3.61. The van der Waals surface area contributed by atoms with E-state index in [1.165, 1.54) is 23.0 Å². The summed E-state index contributed by atoms with van der Waals surface area (Å²) >= 11 is 0. The van der Waals surface area contributed by atoms with Crippen molar-refractivity contribution in [3.63, 3.8) is 0 Å². The molecule has 2 aliphatic rings. The number of rotatable bonds is 8. The fourth-order valence-electron chi connectivity index (χ4n) is 5.48. The van der Waals surface area contributed by atoms with Crippen molar-refractivity contribution in [2.24, 2.45) is 0 Å². The van der Waals surface area contributed by atoms with Crippen molar-refractivity contribution in [3.05, 3.63) is 82.7 Å². The summed E-state index contributed by atoms with van der Waals surface area (Å²) in [5.41, 5.74) is 2.28. The minimum Gasteiger partial charge on any atom is -0.454 e. The van der Waals surface area contributed by atoms with E-state index in [9.17, 15) is 17.6 Å². The van der Waals surface area contributed by atoms with Gasteiger partial charge in [0.2, 0.25) is 0 Å². The predicted molar refractivity (Wildman–Crippen MR) is 169 cm³/mol. The highest BCUT2D eigenvalue weighted by Gasteiger charge is 2.32. The van der Waals surface area contributed by atoms with Crippen molar-refractivity contribution < 1.29 is 21.9 Å². The number of hydrogen-bond acceptors (Lipinski definition) is 7. The van der Waals surface area contributed by atoms with Gasteiger partial charge in [-0.25, -0.2) is 13.8 Å². The lowest BCUT2D eigenvalue weighted by atomic mass is 10.1. The number of benzene rings is 3. The minimum absolute atomic E-state index is 0. The molecule has 3 aromatic carbocycles. The second-order valence-corrected chi connectivity index (χ2v) is 12.2. The molecule has 3 heterocycles. The Morgan fingerprint density at radius 2 is 1.77 bits per heavy atom. The highest BCUT2D eigenvalue weighted by molar-refractivity contribution is 7.90. The van der Waals surface area contributed by atoms with Crippen LogP contribution >= 0.6 is 12.4 Å². The van der Waals surface area contributed by atoms with Crippen LogP contribution in [-0.4, -0.2) is 67.7 Å². The van der Waals surface area contributed by atoms with Crippen LogP contribution < -0.4 is 25.2 Å². The molecule has 2 fully saturated rings. The van der Waals surface area contributed by atoms with Gasteiger partial charge in [0.25, 0.3) is 5.56 Å². The number of piperazine rings is 1. The van der Waals surface area contributed by atoms with Crippen LogP contribution in [0.4, 0.5) is 20.2 Å². The molecule has 0 bridgehead atoms. The quantitative estimate of drug-likeness (QED) is 0.292. The molecule has 4 aromatic rings. The van der Waals surface area contributed by atoms with Crippen LogP contribution in [-0.2, 0) is 16.6 Å². The van der Waals surface area contributed by atoms with Gasteiger partial charge in [-0.15, -0.1) is 12.4 Å². The first kappa shape index (κ1) is 31.6. The van der Waals surface area contributed by atoms with Crippen LogP contribution in [0.1, 0.15) is 18.9 Å². The number of anilines is 2. The van der Waals surface area contributed by atoms with Gasteiger partial charge in [0.05, 0.1) is 22.3 Å². The smallest absolute Gasteiger partial charge is 0.301 e. The van der Waals surface area contributed by atoms with Crippen LogP contribution in [0.2, 0.25) is 0 Å². The van der Waals surface area contributed by atoms with Gasteiger partial charge in [0.15, 0.2) is 11.6 Å². The molecule has 2 aliphatic heterocycles.